The number of fused-ring (bicyclic) bond motifs is 1. The van der Waals surface area contributed by atoms with Crippen molar-refractivity contribution in [2.75, 3.05) is 13.7 Å². The number of carbonyl (C=O) groups is 3. The van der Waals surface area contributed by atoms with E-state index in [1.807, 2.05) is 6.92 Å². The van der Waals surface area contributed by atoms with Crippen molar-refractivity contribution in [3.05, 3.63) is 35.6 Å². The van der Waals surface area contributed by atoms with Gasteiger partial charge in [0, 0.05) is 13.1 Å². The molecule has 0 aliphatic carbocycles. The first kappa shape index (κ1) is 18.5. The Morgan fingerprint density at radius 1 is 1.23 bits per heavy atom. The van der Waals surface area contributed by atoms with Gasteiger partial charge in [0.1, 0.15) is 11.4 Å². The number of likely N-dealkylation sites (tertiary alicyclic amines) is 1. The lowest BCUT2D eigenvalue weighted by molar-refractivity contribution is -0.156. The Morgan fingerprint density at radius 3 is 2.46 bits per heavy atom. The normalized spacial score (nSPS) is 30.6. The molecule has 4 atom stereocenters. The summed E-state index contributed by atoms with van der Waals surface area (Å²) in [6, 6.07) is 5.21. The number of rotatable bonds is 5. The second kappa shape index (κ2) is 6.79. The van der Waals surface area contributed by atoms with Crippen molar-refractivity contribution in [2.45, 2.75) is 38.3 Å². The number of amides is 2. The zero-order chi connectivity index (χ0) is 19.1. The zero-order valence-corrected chi connectivity index (χ0v) is 15.1. The Kier molecular flexibility index (Phi) is 4.84. The van der Waals surface area contributed by atoms with Gasteiger partial charge in [-0.15, -0.1) is 0 Å². The Bertz CT molecular complexity index is 736. The maximum Gasteiger partial charge on any atom is 0.327 e. The molecule has 0 saturated carbocycles. The highest BCUT2D eigenvalue weighted by atomic mass is 19.1. The van der Waals surface area contributed by atoms with Crippen molar-refractivity contribution >= 4 is 17.8 Å². The van der Waals surface area contributed by atoms with E-state index in [0.717, 1.165) is 4.90 Å². The van der Waals surface area contributed by atoms with Gasteiger partial charge in [-0.25, -0.2) is 4.39 Å². The van der Waals surface area contributed by atoms with E-state index >= 15 is 0 Å². The summed E-state index contributed by atoms with van der Waals surface area (Å²) in [5.74, 6) is -3.15. The molecular formula is C19H23FN2O4. The van der Waals surface area contributed by atoms with Crippen molar-refractivity contribution < 1.29 is 23.5 Å². The van der Waals surface area contributed by atoms with Crippen LogP contribution in [-0.4, -0.2) is 41.9 Å². The highest BCUT2D eigenvalue weighted by Gasteiger charge is 2.67. The molecule has 0 radical (unpaired) electrons. The number of nitrogens with zero attached hydrogens (tertiary/aromatic N) is 1. The van der Waals surface area contributed by atoms with Gasteiger partial charge in [-0.05, 0) is 31.0 Å². The molecule has 0 aromatic heterocycles. The second-order valence-corrected chi connectivity index (χ2v) is 6.85. The van der Waals surface area contributed by atoms with Crippen molar-refractivity contribution in [3.8, 4) is 0 Å². The van der Waals surface area contributed by atoms with E-state index in [9.17, 15) is 18.8 Å². The number of imide groups is 1. The Balaban J connectivity index is 2.11. The number of carbonyl (C=O) groups excluding carboxylic acids is 3. The van der Waals surface area contributed by atoms with Gasteiger partial charge in [-0.1, -0.05) is 25.5 Å². The van der Waals surface area contributed by atoms with E-state index in [4.69, 9.17) is 4.74 Å². The number of esters is 1. The van der Waals surface area contributed by atoms with Crippen molar-refractivity contribution in [3.63, 3.8) is 0 Å². The van der Waals surface area contributed by atoms with E-state index < -0.39 is 29.4 Å². The molecule has 1 N–H and O–H groups in total. The Morgan fingerprint density at radius 2 is 1.88 bits per heavy atom. The Hall–Kier alpha value is -2.28. The van der Waals surface area contributed by atoms with Crippen LogP contribution >= 0.6 is 0 Å². The summed E-state index contributed by atoms with van der Waals surface area (Å²) >= 11 is 0. The van der Waals surface area contributed by atoms with Gasteiger partial charge < -0.3 is 4.74 Å². The molecule has 2 aliphatic heterocycles. The summed E-state index contributed by atoms with van der Waals surface area (Å²) in [5.41, 5.74) is -0.591. The van der Waals surface area contributed by atoms with E-state index in [-0.39, 0.29) is 24.2 Å². The minimum absolute atomic E-state index is 0.183. The number of benzene rings is 1. The first-order valence-electron chi connectivity index (χ1n) is 8.89. The smallest absolute Gasteiger partial charge is 0.327 e. The minimum atomic E-state index is -1.26. The third-order valence-electron chi connectivity index (χ3n) is 5.39. The van der Waals surface area contributed by atoms with Crippen molar-refractivity contribution in [1.29, 1.82) is 0 Å². The first-order chi connectivity index (χ1) is 12.4. The summed E-state index contributed by atoms with van der Waals surface area (Å²) < 4.78 is 18.6. The predicted octanol–water partition coefficient (Wildman–Crippen LogP) is 1.80. The summed E-state index contributed by atoms with van der Waals surface area (Å²) in [6.07, 6.45) is 1.01. The maximum absolute atomic E-state index is 13.3. The molecule has 2 saturated heterocycles. The minimum Gasteiger partial charge on any atom is -0.465 e. The lowest BCUT2D eigenvalue weighted by atomic mass is 9.77. The summed E-state index contributed by atoms with van der Waals surface area (Å²) in [6.45, 7) is 3.80. The fourth-order valence-corrected chi connectivity index (χ4v) is 4.28. The van der Waals surface area contributed by atoms with E-state index in [1.165, 1.54) is 19.2 Å². The zero-order valence-electron chi connectivity index (χ0n) is 15.1. The second-order valence-electron chi connectivity index (χ2n) is 6.85. The van der Waals surface area contributed by atoms with E-state index in [2.05, 4.69) is 5.32 Å². The number of nitrogens with one attached hydrogen (secondary N) is 1. The van der Waals surface area contributed by atoms with Crippen LogP contribution in [0.1, 0.15) is 38.3 Å². The van der Waals surface area contributed by atoms with Gasteiger partial charge in [-0.2, -0.15) is 0 Å². The van der Waals surface area contributed by atoms with Crippen LogP contribution in [0.3, 0.4) is 0 Å². The molecule has 2 aliphatic rings. The van der Waals surface area contributed by atoms with E-state index in [0.29, 0.717) is 18.4 Å². The van der Waals surface area contributed by atoms with Crippen LogP contribution in [0.2, 0.25) is 0 Å². The van der Waals surface area contributed by atoms with Gasteiger partial charge in [0.05, 0.1) is 18.4 Å². The fraction of sp³-hybridized carbons (Fsp3) is 0.526. The molecule has 2 fully saturated rings. The highest BCUT2D eigenvalue weighted by molar-refractivity contribution is 6.09. The maximum atomic E-state index is 13.3. The predicted molar refractivity (Wildman–Crippen MR) is 91.3 cm³/mol. The van der Waals surface area contributed by atoms with Crippen LogP contribution in [0, 0.1) is 17.7 Å². The van der Waals surface area contributed by atoms with Crippen LogP contribution in [0.4, 0.5) is 4.39 Å². The summed E-state index contributed by atoms with van der Waals surface area (Å²) in [4.78, 5) is 39.5. The lowest BCUT2D eigenvalue weighted by Gasteiger charge is -2.32. The first-order valence-corrected chi connectivity index (χ1v) is 8.89. The molecule has 0 unspecified atom stereocenters. The number of hydrogen-bond acceptors (Lipinski definition) is 5. The lowest BCUT2D eigenvalue weighted by Crippen LogP contribution is -2.56. The average Bonchev–Trinajstić information content (AvgIpc) is 3.07. The summed E-state index contributed by atoms with van der Waals surface area (Å²) in [5, 5.41) is 3.24. The molecule has 3 rings (SSSR count). The molecule has 1 aromatic rings. The molecule has 0 bridgehead atoms. The molecule has 140 valence electrons. The van der Waals surface area contributed by atoms with Crippen molar-refractivity contribution in [2.24, 2.45) is 11.8 Å². The largest absolute Gasteiger partial charge is 0.465 e. The number of halogens is 1. The van der Waals surface area contributed by atoms with Gasteiger partial charge in [0.2, 0.25) is 11.8 Å². The standard InChI is InChI=1S/C19H23FN2O4/c1-4-10-19(18(25)26-5-2)14-13(16(23)22(3)17(14)24)15(21-19)11-6-8-12(20)9-7-11/h6-9,13-15,21H,4-5,10H2,1-3H3/t13-,14+,15+,19-/m0/s1. The van der Waals surface area contributed by atoms with Gasteiger partial charge in [0.25, 0.3) is 0 Å². The number of hydrogen-bond donors (Lipinski definition) is 1. The average molecular weight is 362 g/mol. The van der Waals surface area contributed by atoms with Crippen LogP contribution in [0.25, 0.3) is 0 Å². The molecule has 6 nitrogen and oxygen atoms in total. The summed E-state index contributed by atoms with van der Waals surface area (Å²) in [7, 11) is 1.44. The molecule has 26 heavy (non-hydrogen) atoms. The van der Waals surface area contributed by atoms with E-state index in [1.54, 1.807) is 19.1 Å². The molecule has 2 heterocycles. The third-order valence-corrected chi connectivity index (χ3v) is 5.39. The third kappa shape index (κ3) is 2.61. The molecule has 7 heteroatoms. The molecular weight excluding hydrogens is 339 g/mol. The fourth-order valence-electron chi connectivity index (χ4n) is 4.28. The van der Waals surface area contributed by atoms with Crippen LogP contribution in [0.5, 0.6) is 0 Å². The van der Waals surface area contributed by atoms with Gasteiger partial charge >= 0.3 is 5.97 Å². The molecule has 2 amide bonds. The highest BCUT2D eigenvalue weighted by Crippen LogP contribution is 2.50. The SMILES string of the molecule is CCC[C@]1(C(=O)OCC)N[C@H](c2ccc(F)cc2)[C@H]2C(=O)N(C)C(=O)[C@@H]21. The van der Waals surface area contributed by atoms with Crippen LogP contribution in [0.15, 0.2) is 24.3 Å². The molecule has 0 spiro atoms. The molecule has 1 aromatic carbocycles. The Labute approximate surface area is 151 Å². The van der Waals surface area contributed by atoms with Crippen LogP contribution < -0.4 is 5.32 Å². The van der Waals surface area contributed by atoms with Gasteiger partial charge in [0.15, 0.2) is 0 Å². The number of ether oxygens (including phenoxy) is 1. The van der Waals surface area contributed by atoms with Crippen molar-refractivity contribution in [1.82, 2.24) is 10.2 Å². The topological polar surface area (TPSA) is 75.7 Å². The van der Waals surface area contributed by atoms with Gasteiger partial charge in [-0.3, -0.25) is 24.6 Å². The van der Waals surface area contributed by atoms with Crippen LogP contribution in [-0.2, 0) is 19.1 Å². The monoisotopic (exact) mass is 362 g/mol. The quantitative estimate of drug-likeness (QED) is 0.639.